The minimum Gasteiger partial charge on any atom is -0.477 e. The topological polar surface area (TPSA) is 129 Å². The molecular formula is C29H29F3N6O4S. The van der Waals surface area contributed by atoms with E-state index >= 15 is 0 Å². The summed E-state index contributed by atoms with van der Waals surface area (Å²) in [7, 11) is 2.05. The largest absolute Gasteiger partial charge is 0.477 e. The van der Waals surface area contributed by atoms with Gasteiger partial charge in [0.2, 0.25) is 5.43 Å². The van der Waals surface area contributed by atoms with E-state index in [1.54, 1.807) is 23.6 Å². The van der Waals surface area contributed by atoms with Crippen molar-refractivity contribution in [2.24, 2.45) is 5.92 Å². The van der Waals surface area contributed by atoms with Gasteiger partial charge >= 0.3 is 18.2 Å². The van der Waals surface area contributed by atoms with Gasteiger partial charge in [0.1, 0.15) is 16.4 Å². The standard InChI is InChI=1S/C29H29F3N6O4S/c1-3-33-28(42)36-24-11-18(26-35-23(15-43-26)29(30,31)32)20(12-34-24)17-4-5-22-19(10-17)25(39)21(27(40)41)14-38(22)13-16-6-8-37(2)9-7-16/h4-5,10-12,14-16H,3,6-9,13H2,1-2H3,(H,40,41)(H2,33,34,36,42). The SMILES string of the molecule is CCNC(=O)Nc1cc(-c2nc(C(F)(F)F)cs2)c(-c2ccc3c(c2)c(=O)c(C(=O)O)cn3CC2CCN(C)CC2)cn1. The Morgan fingerprint density at radius 2 is 1.91 bits per heavy atom. The molecule has 0 radical (unpaired) electrons. The van der Waals surface area contributed by atoms with Crippen LogP contribution in [-0.4, -0.2) is 63.2 Å². The van der Waals surface area contributed by atoms with Crippen molar-refractivity contribution in [3.63, 3.8) is 0 Å². The summed E-state index contributed by atoms with van der Waals surface area (Å²) in [6.45, 7) is 4.46. The van der Waals surface area contributed by atoms with Crippen LogP contribution in [0.1, 0.15) is 35.8 Å². The highest BCUT2D eigenvalue weighted by molar-refractivity contribution is 7.13. The number of carboxylic acids is 1. The third-order valence-corrected chi connectivity index (χ3v) is 8.30. The molecule has 1 aliphatic heterocycles. The molecule has 10 nitrogen and oxygen atoms in total. The number of urea groups is 1. The first kappa shape index (κ1) is 30.2. The number of anilines is 1. The fourth-order valence-electron chi connectivity index (χ4n) is 5.17. The lowest BCUT2D eigenvalue weighted by atomic mass is 9.96. The zero-order valence-corrected chi connectivity index (χ0v) is 24.2. The number of benzene rings is 1. The molecule has 1 aromatic carbocycles. The Labute approximate surface area is 248 Å². The van der Waals surface area contributed by atoms with Crippen LogP contribution in [0.15, 0.2) is 46.8 Å². The highest BCUT2D eigenvalue weighted by Gasteiger charge is 2.34. The van der Waals surface area contributed by atoms with Crippen molar-refractivity contribution in [3.05, 3.63) is 63.5 Å². The lowest BCUT2D eigenvalue weighted by Gasteiger charge is -2.30. The molecule has 0 atom stereocenters. The average Bonchev–Trinajstić information content (AvgIpc) is 3.47. The number of rotatable bonds is 7. The Kier molecular flexibility index (Phi) is 8.51. The van der Waals surface area contributed by atoms with Crippen LogP contribution in [0.4, 0.5) is 23.8 Å². The van der Waals surface area contributed by atoms with Crippen LogP contribution in [0.3, 0.4) is 0 Å². The molecule has 1 saturated heterocycles. The number of alkyl halides is 3. The number of aromatic carboxylic acids is 1. The van der Waals surface area contributed by atoms with Crippen molar-refractivity contribution in [1.82, 2.24) is 24.8 Å². The smallest absolute Gasteiger partial charge is 0.434 e. The normalized spacial score (nSPS) is 14.6. The summed E-state index contributed by atoms with van der Waals surface area (Å²) in [5, 5.41) is 16.0. The monoisotopic (exact) mass is 614 g/mol. The number of carboxylic acid groups (broad SMARTS) is 1. The summed E-state index contributed by atoms with van der Waals surface area (Å²) in [5.74, 6) is -0.959. The maximum atomic E-state index is 13.4. The van der Waals surface area contributed by atoms with Crippen molar-refractivity contribution < 1.29 is 27.9 Å². The Balaban J connectivity index is 1.63. The number of piperidine rings is 1. The van der Waals surface area contributed by atoms with Crippen LogP contribution < -0.4 is 16.1 Å². The molecule has 1 fully saturated rings. The van der Waals surface area contributed by atoms with Gasteiger partial charge in [-0.3, -0.25) is 10.1 Å². The zero-order valence-electron chi connectivity index (χ0n) is 23.4. The molecule has 0 saturated carbocycles. The summed E-state index contributed by atoms with van der Waals surface area (Å²) in [4.78, 5) is 47.8. The molecule has 3 aromatic heterocycles. The second-order valence-corrected chi connectivity index (χ2v) is 11.3. The molecule has 4 heterocycles. The quantitative estimate of drug-likeness (QED) is 0.255. The van der Waals surface area contributed by atoms with E-state index in [9.17, 15) is 32.7 Å². The Bertz CT molecular complexity index is 1740. The van der Waals surface area contributed by atoms with Crippen LogP contribution in [0.25, 0.3) is 32.6 Å². The summed E-state index contributed by atoms with van der Waals surface area (Å²) in [6.07, 6.45) is -0.0219. The first-order valence-electron chi connectivity index (χ1n) is 13.6. The predicted octanol–water partition coefficient (Wildman–Crippen LogP) is 5.39. The van der Waals surface area contributed by atoms with Crippen molar-refractivity contribution in [1.29, 1.82) is 0 Å². The van der Waals surface area contributed by atoms with E-state index in [-0.39, 0.29) is 27.3 Å². The molecule has 14 heteroatoms. The van der Waals surface area contributed by atoms with E-state index in [1.165, 1.54) is 24.5 Å². The predicted molar refractivity (Wildman–Crippen MR) is 157 cm³/mol. The van der Waals surface area contributed by atoms with E-state index in [0.717, 1.165) is 42.6 Å². The van der Waals surface area contributed by atoms with Crippen molar-refractivity contribution >= 4 is 40.1 Å². The number of thiazole rings is 1. The molecule has 0 unspecified atom stereocenters. The summed E-state index contributed by atoms with van der Waals surface area (Å²) < 4.78 is 42.0. The van der Waals surface area contributed by atoms with Gasteiger partial charge in [0.15, 0.2) is 5.69 Å². The molecule has 2 amide bonds. The van der Waals surface area contributed by atoms with Crippen molar-refractivity contribution in [3.8, 4) is 21.7 Å². The third-order valence-electron chi connectivity index (χ3n) is 7.42. The Morgan fingerprint density at radius 1 is 1.16 bits per heavy atom. The molecule has 0 spiro atoms. The second-order valence-electron chi connectivity index (χ2n) is 10.4. The highest BCUT2D eigenvalue weighted by Crippen LogP contribution is 2.39. The maximum absolute atomic E-state index is 13.4. The number of aromatic nitrogens is 3. The Morgan fingerprint density at radius 3 is 2.56 bits per heavy atom. The molecule has 0 aliphatic carbocycles. The summed E-state index contributed by atoms with van der Waals surface area (Å²) in [6, 6.07) is 5.83. The van der Waals surface area contributed by atoms with E-state index in [4.69, 9.17) is 0 Å². The zero-order chi connectivity index (χ0) is 30.9. The number of likely N-dealkylation sites (tertiary alicyclic amines) is 1. The van der Waals surface area contributed by atoms with Gasteiger partial charge in [-0.25, -0.2) is 19.6 Å². The number of hydrogen-bond acceptors (Lipinski definition) is 7. The minimum atomic E-state index is -4.65. The number of fused-ring (bicyclic) bond motifs is 1. The lowest BCUT2D eigenvalue weighted by molar-refractivity contribution is -0.140. The fraction of sp³-hybridized carbons (Fsp3) is 0.345. The van der Waals surface area contributed by atoms with Gasteiger partial charge in [-0.15, -0.1) is 11.3 Å². The van der Waals surface area contributed by atoms with E-state index < -0.39 is 29.3 Å². The first-order valence-corrected chi connectivity index (χ1v) is 14.5. The van der Waals surface area contributed by atoms with Crippen LogP contribution in [0.5, 0.6) is 0 Å². The molecule has 4 aromatic rings. The van der Waals surface area contributed by atoms with Gasteiger partial charge in [-0.05, 0) is 69.6 Å². The molecule has 5 rings (SSSR count). The van der Waals surface area contributed by atoms with Gasteiger partial charge in [0, 0.05) is 47.4 Å². The molecule has 0 bridgehead atoms. The number of pyridine rings is 2. The number of nitrogens with zero attached hydrogens (tertiary/aromatic N) is 4. The Hall–Kier alpha value is -4.30. The lowest BCUT2D eigenvalue weighted by Crippen LogP contribution is -2.32. The van der Waals surface area contributed by atoms with Gasteiger partial charge < -0.3 is 19.9 Å². The van der Waals surface area contributed by atoms with Crippen LogP contribution in [0.2, 0.25) is 0 Å². The number of hydrogen-bond donors (Lipinski definition) is 3. The van der Waals surface area contributed by atoms with Gasteiger partial charge in [0.25, 0.3) is 0 Å². The van der Waals surface area contributed by atoms with Crippen LogP contribution in [-0.2, 0) is 12.7 Å². The number of carbonyl (C=O) groups is 2. The molecule has 43 heavy (non-hydrogen) atoms. The van der Waals surface area contributed by atoms with Crippen LogP contribution in [0, 0.1) is 5.92 Å². The third kappa shape index (κ3) is 6.54. The van der Waals surface area contributed by atoms with Gasteiger partial charge in [0.05, 0.1) is 5.52 Å². The number of halogens is 3. The molecular weight excluding hydrogens is 585 g/mol. The second kappa shape index (κ2) is 12.1. The van der Waals surface area contributed by atoms with Gasteiger partial charge in [-0.2, -0.15) is 13.2 Å². The fourth-order valence-corrected chi connectivity index (χ4v) is 6.03. The first-order chi connectivity index (χ1) is 20.4. The minimum absolute atomic E-state index is 0.0303. The number of nitrogens with one attached hydrogen (secondary N) is 2. The molecule has 1 aliphatic rings. The van der Waals surface area contributed by atoms with Crippen molar-refractivity contribution in [2.45, 2.75) is 32.5 Å². The van der Waals surface area contributed by atoms with Crippen LogP contribution >= 0.6 is 11.3 Å². The average molecular weight is 615 g/mol. The summed E-state index contributed by atoms with van der Waals surface area (Å²) in [5.41, 5.74) is -0.510. The van der Waals surface area contributed by atoms with E-state index in [0.29, 0.717) is 35.7 Å². The van der Waals surface area contributed by atoms with E-state index in [1.807, 2.05) is 0 Å². The highest BCUT2D eigenvalue weighted by atomic mass is 32.1. The summed E-state index contributed by atoms with van der Waals surface area (Å²) >= 11 is 0.777. The molecule has 3 N–H and O–H groups in total. The van der Waals surface area contributed by atoms with E-state index in [2.05, 4.69) is 32.5 Å². The maximum Gasteiger partial charge on any atom is 0.434 e. The van der Waals surface area contributed by atoms with Gasteiger partial charge in [-0.1, -0.05) is 6.07 Å². The molecule has 226 valence electrons. The number of amides is 2. The number of carbonyl (C=O) groups excluding carboxylic acids is 1. The van der Waals surface area contributed by atoms with Crippen molar-refractivity contribution in [2.75, 3.05) is 32.0 Å².